The second-order valence-corrected chi connectivity index (χ2v) is 6.98. The maximum Gasteiger partial charge on any atom is 0.251 e. The van der Waals surface area contributed by atoms with Gasteiger partial charge in [-0.2, -0.15) is 0 Å². The molecular formula is C21H22ClN3O2S. The quantitative estimate of drug-likeness (QED) is 0.483. The van der Waals surface area contributed by atoms with Crippen molar-refractivity contribution in [2.45, 2.75) is 26.3 Å². The van der Waals surface area contributed by atoms with E-state index in [0.717, 1.165) is 12.0 Å². The van der Waals surface area contributed by atoms with Gasteiger partial charge in [0.2, 0.25) is 5.91 Å². The molecule has 146 valence electrons. The van der Waals surface area contributed by atoms with Crippen molar-refractivity contribution in [2.75, 3.05) is 5.32 Å². The fourth-order valence-corrected chi connectivity index (χ4v) is 2.66. The summed E-state index contributed by atoms with van der Waals surface area (Å²) < 4.78 is 0. The van der Waals surface area contributed by atoms with Gasteiger partial charge in [0.1, 0.15) is 0 Å². The van der Waals surface area contributed by atoms with Gasteiger partial charge in [0.15, 0.2) is 5.11 Å². The predicted molar refractivity (Wildman–Crippen MR) is 119 cm³/mol. The van der Waals surface area contributed by atoms with E-state index in [-0.39, 0.29) is 23.0 Å². The zero-order valence-electron chi connectivity index (χ0n) is 15.7. The minimum absolute atomic E-state index is 0.0920. The minimum Gasteiger partial charge on any atom is -0.350 e. The summed E-state index contributed by atoms with van der Waals surface area (Å²) in [6.07, 6.45) is 3.81. The molecule has 0 aliphatic heterocycles. The number of amides is 2. The standard InChI is InChI=1S/C21H22ClN3O2S/c1-3-14(2)23-20(27)16-8-6-9-17(13-16)24-21(28)25-19(26)12-11-15-7-4-5-10-18(15)22/h4-14H,3H2,1-2H3,(H,23,27)(H2,24,25,26,28)/b12-11+. The molecule has 0 bridgehead atoms. The molecule has 0 aromatic heterocycles. The molecule has 7 heteroatoms. The van der Waals surface area contributed by atoms with Gasteiger partial charge in [-0.25, -0.2) is 0 Å². The molecule has 0 fully saturated rings. The summed E-state index contributed by atoms with van der Waals surface area (Å²) in [6, 6.07) is 14.2. The molecule has 2 aromatic rings. The van der Waals surface area contributed by atoms with Gasteiger partial charge in [-0.05, 0) is 61.5 Å². The van der Waals surface area contributed by atoms with Crippen molar-refractivity contribution in [2.24, 2.45) is 0 Å². The second-order valence-electron chi connectivity index (χ2n) is 6.16. The molecule has 2 aromatic carbocycles. The first-order valence-corrected chi connectivity index (χ1v) is 9.63. The molecule has 0 radical (unpaired) electrons. The zero-order valence-corrected chi connectivity index (χ0v) is 17.2. The Morgan fingerprint density at radius 3 is 2.64 bits per heavy atom. The summed E-state index contributed by atoms with van der Waals surface area (Å²) in [5, 5.41) is 9.06. The minimum atomic E-state index is -0.386. The van der Waals surface area contributed by atoms with Crippen molar-refractivity contribution in [3.05, 3.63) is 70.8 Å². The molecule has 0 aliphatic carbocycles. The Hall–Kier alpha value is -2.70. The number of hydrogen-bond donors (Lipinski definition) is 3. The number of benzene rings is 2. The normalized spacial score (nSPS) is 11.7. The Kier molecular flexibility index (Phi) is 8.17. The molecule has 0 aliphatic rings. The van der Waals surface area contributed by atoms with Crippen LogP contribution in [0.5, 0.6) is 0 Å². The van der Waals surface area contributed by atoms with Gasteiger partial charge in [0.05, 0.1) is 0 Å². The third kappa shape index (κ3) is 6.79. The van der Waals surface area contributed by atoms with Crippen molar-refractivity contribution in [1.82, 2.24) is 10.6 Å². The fourth-order valence-electron chi connectivity index (χ4n) is 2.24. The number of carbonyl (C=O) groups excluding carboxylic acids is 2. The van der Waals surface area contributed by atoms with Crippen molar-refractivity contribution < 1.29 is 9.59 Å². The maximum absolute atomic E-state index is 12.2. The highest BCUT2D eigenvalue weighted by Gasteiger charge is 2.09. The number of halogens is 1. The average molecular weight is 416 g/mol. The Labute approximate surface area is 175 Å². The number of carbonyl (C=O) groups is 2. The van der Waals surface area contributed by atoms with Crippen molar-refractivity contribution in [3.8, 4) is 0 Å². The first-order chi connectivity index (χ1) is 13.4. The van der Waals surface area contributed by atoms with E-state index in [1.165, 1.54) is 6.08 Å². The van der Waals surface area contributed by atoms with Crippen LogP contribution in [-0.4, -0.2) is 23.0 Å². The van der Waals surface area contributed by atoms with Crippen molar-refractivity contribution >= 4 is 52.5 Å². The van der Waals surface area contributed by atoms with E-state index in [9.17, 15) is 9.59 Å². The van der Waals surface area contributed by atoms with Crippen LogP contribution in [0, 0.1) is 0 Å². The Morgan fingerprint density at radius 1 is 1.18 bits per heavy atom. The Bertz CT molecular complexity index is 899. The van der Waals surface area contributed by atoms with Gasteiger partial charge in [-0.15, -0.1) is 0 Å². The number of nitrogens with one attached hydrogen (secondary N) is 3. The molecule has 0 heterocycles. The highest BCUT2D eigenvalue weighted by Crippen LogP contribution is 2.16. The third-order valence-corrected chi connectivity index (χ3v) is 4.48. The molecule has 2 rings (SSSR count). The summed E-state index contributed by atoms with van der Waals surface area (Å²) >= 11 is 11.2. The van der Waals surface area contributed by atoms with Crippen molar-refractivity contribution in [1.29, 1.82) is 0 Å². The number of rotatable bonds is 6. The molecule has 0 saturated heterocycles. The molecule has 5 nitrogen and oxygen atoms in total. The maximum atomic E-state index is 12.2. The summed E-state index contributed by atoms with van der Waals surface area (Å²) in [5.41, 5.74) is 1.86. The molecule has 2 amide bonds. The Balaban J connectivity index is 1.94. The van der Waals surface area contributed by atoms with Crippen LogP contribution in [0.1, 0.15) is 36.2 Å². The molecule has 0 spiro atoms. The lowest BCUT2D eigenvalue weighted by molar-refractivity contribution is -0.115. The van der Waals surface area contributed by atoms with E-state index < -0.39 is 0 Å². The predicted octanol–water partition coefficient (Wildman–Crippen LogP) is 4.39. The number of anilines is 1. The van der Waals surface area contributed by atoms with E-state index in [1.54, 1.807) is 42.5 Å². The summed E-state index contributed by atoms with van der Waals surface area (Å²) in [7, 11) is 0. The topological polar surface area (TPSA) is 70.2 Å². The first kappa shape index (κ1) is 21.6. The smallest absolute Gasteiger partial charge is 0.251 e. The summed E-state index contributed by atoms with van der Waals surface area (Å²) in [5.74, 6) is -0.543. The molecule has 1 unspecified atom stereocenters. The van der Waals surface area contributed by atoms with Crippen LogP contribution >= 0.6 is 23.8 Å². The highest BCUT2D eigenvalue weighted by atomic mass is 35.5. The molecule has 1 atom stereocenters. The molecule has 3 N–H and O–H groups in total. The highest BCUT2D eigenvalue weighted by molar-refractivity contribution is 7.80. The van der Waals surface area contributed by atoms with Gasteiger partial charge in [-0.1, -0.05) is 42.8 Å². The van der Waals surface area contributed by atoms with Gasteiger partial charge in [-0.3, -0.25) is 14.9 Å². The van der Waals surface area contributed by atoms with E-state index >= 15 is 0 Å². The fraction of sp³-hybridized carbons (Fsp3) is 0.190. The summed E-state index contributed by atoms with van der Waals surface area (Å²) in [4.78, 5) is 24.2. The third-order valence-electron chi connectivity index (χ3n) is 3.93. The van der Waals surface area contributed by atoms with Crippen LogP contribution < -0.4 is 16.0 Å². The largest absolute Gasteiger partial charge is 0.350 e. The van der Waals surface area contributed by atoms with Gasteiger partial charge in [0, 0.05) is 28.4 Å². The van der Waals surface area contributed by atoms with Crippen LogP contribution in [0.25, 0.3) is 6.08 Å². The van der Waals surface area contributed by atoms with Crippen LogP contribution in [0.4, 0.5) is 5.69 Å². The lowest BCUT2D eigenvalue weighted by atomic mass is 10.1. The monoisotopic (exact) mass is 415 g/mol. The molecule has 0 saturated carbocycles. The van der Waals surface area contributed by atoms with Gasteiger partial charge < -0.3 is 10.6 Å². The lowest BCUT2D eigenvalue weighted by Gasteiger charge is -2.13. The average Bonchev–Trinajstić information content (AvgIpc) is 2.67. The van der Waals surface area contributed by atoms with E-state index in [1.807, 2.05) is 26.0 Å². The van der Waals surface area contributed by atoms with Crippen molar-refractivity contribution in [3.63, 3.8) is 0 Å². The SMILES string of the molecule is CCC(C)NC(=O)c1cccc(NC(=S)NC(=O)/C=C/c2ccccc2Cl)c1. The van der Waals surface area contributed by atoms with Crippen LogP contribution in [0.2, 0.25) is 5.02 Å². The lowest BCUT2D eigenvalue weighted by Crippen LogP contribution is -2.33. The number of hydrogen-bond acceptors (Lipinski definition) is 3. The summed E-state index contributed by atoms with van der Waals surface area (Å²) in [6.45, 7) is 3.95. The molecular weight excluding hydrogens is 394 g/mol. The van der Waals surface area contributed by atoms with Crippen LogP contribution in [0.15, 0.2) is 54.6 Å². The Morgan fingerprint density at radius 2 is 1.93 bits per heavy atom. The van der Waals surface area contributed by atoms with E-state index in [4.69, 9.17) is 23.8 Å². The number of thiocarbonyl (C=S) groups is 1. The van der Waals surface area contributed by atoms with Gasteiger partial charge >= 0.3 is 0 Å². The van der Waals surface area contributed by atoms with Gasteiger partial charge in [0.25, 0.3) is 5.91 Å². The first-order valence-electron chi connectivity index (χ1n) is 8.84. The second kappa shape index (κ2) is 10.6. The van der Waals surface area contributed by atoms with Crippen LogP contribution in [-0.2, 0) is 4.79 Å². The van der Waals surface area contributed by atoms with E-state index in [2.05, 4.69) is 16.0 Å². The molecule has 28 heavy (non-hydrogen) atoms. The van der Waals surface area contributed by atoms with E-state index in [0.29, 0.717) is 16.3 Å². The zero-order chi connectivity index (χ0) is 20.5. The van der Waals surface area contributed by atoms with Crippen LogP contribution in [0.3, 0.4) is 0 Å².